The molecular weight excluding hydrogens is 398 g/mol. The van der Waals surface area contributed by atoms with E-state index in [0.29, 0.717) is 18.2 Å². The fourth-order valence-electron chi connectivity index (χ4n) is 4.04. The molecular formula is C23H31N3O3S. The minimum atomic E-state index is -0.291. The quantitative estimate of drug-likeness (QED) is 0.341. The largest absolute Gasteiger partial charge is 0.466 e. The number of ketones is 1. The Labute approximate surface area is 182 Å². The Balaban J connectivity index is 1.79. The highest BCUT2D eigenvalue weighted by atomic mass is 32.2. The molecule has 1 aromatic carbocycles. The maximum absolute atomic E-state index is 12.9. The maximum Gasteiger partial charge on any atom is 0.313 e. The molecule has 0 unspecified atom stereocenters. The van der Waals surface area contributed by atoms with Gasteiger partial charge in [-0.05, 0) is 63.3 Å². The van der Waals surface area contributed by atoms with Gasteiger partial charge in [0.2, 0.25) is 0 Å². The minimum absolute atomic E-state index is 0.0886. The summed E-state index contributed by atoms with van der Waals surface area (Å²) in [6, 6.07) is 4.32. The van der Waals surface area contributed by atoms with E-state index in [4.69, 9.17) is 4.74 Å². The lowest BCUT2D eigenvalue weighted by atomic mass is 9.95. The van der Waals surface area contributed by atoms with Crippen LogP contribution < -0.4 is 0 Å². The van der Waals surface area contributed by atoms with Gasteiger partial charge < -0.3 is 9.30 Å². The number of hydrogen-bond acceptors (Lipinski definition) is 6. The van der Waals surface area contributed by atoms with E-state index in [1.54, 1.807) is 6.92 Å². The molecule has 1 aliphatic rings. The Kier molecular flexibility index (Phi) is 7.69. The molecule has 1 aliphatic carbocycles. The SMILES string of the molecule is CCOC(=O)Cc1nnc(SCC(=O)c2cc(C)c(C)cc2C)n1C1CCCCC1. The fraction of sp³-hybridized carbons (Fsp3) is 0.565. The molecule has 0 radical (unpaired) electrons. The van der Waals surface area contributed by atoms with E-state index in [9.17, 15) is 9.59 Å². The van der Waals surface area contributed by atoms with Gasteiger partial charge in [-0.15, -0.1) is 10.2 Å². The average Bonchev–Trinajstić information content (AvgIpc) is 3.12. The second-order valence-electron chi connectivity index (χ2n) is 8.01. The third-order valence-electron chi connectivity index (χ3n) is 5.76. The maximum atomic E-state index is 12.9. The smallest absolute Gasteiger partial charge is 0.313 e. The first kappa shape index (κ1) is 22.5. The van der Waals surface area contributed by atoms with Crippen LogP contribution >= 0.6 is 11.8 Å². The van der Waals surface area contributed by atoms with Gasteiger partial charge in [0.15, 0.2) is 10.9 Å². The summed E-state index contributed by atoms with van der Waals surface area (Å²) in [5.41, 5.74) is 4.08. The first-order valence-corrected chi connectivity index (χ1v) is 11.7. The summed E-state index contributed by atoms with van der Waals surface area (Å²) in [4.78, 5) is 24.9. The van der Waals surface area contributed by atoms with Crippen molar-refractivity contribution in [3.63, 3.8) is 0 Å². The number of esters is 1. The molecule has 0 saturated heterocycles. The molecule has 0 N–H and O–H groups in total. The average molecular weight is 430 g/mol. The molecule has 1 aromatic heterocycles. The standard InChI is InChI=1S/C23H31N3O3S/c1-5-29-22(28)13-21-24-25-23(26(21)18-9-7-6-8-10-18)30-14-20(27)19-12-16(3)15(2)11-17(19)4/h11-12,18H,5-10,13-14H2,1-4H3. The highest BCUT2D eigenvalue weighted by Gasteiger charge is 2.25. The van der Waals surface area contributed by atoms with Crippen LogP contribution in [-0.4, -0.2) is 38.9 Å². The van der Waals surface area contributed by atoms with Gasteiger partial charge in [0.05, 0.1) is 12.4 Å². The number of carbonyl (C=O) groups is 2. The van der Waals surface area contributed by atoms with Crippen LogP contribution in [-0.2, 0) is 16.0 Å². The van der Waals surface area contributed by atoms with Crippen molar-refractivity contribution in [2.45, 2.75) is 77.4 Å². The topological polar surface area (TPSA) is 74.1 Å². The number of aromatic nitrogens is 3. The van der Waals surface area contributed by atoms with Crippen LogP contribution in [0.3, 0.4) is 0 Å². The number of hydrogen-bond donors (Lipinski definition) is 0. The molecule has 7 heteroatoms. The van der Waals surface area contributed by atoms with E-state index in [0.717, 1.165) is 47.5 Å². The zero-order valence-corrected chi connectivity index (χ0v) is 19.2. The van der Waals surface area contributed by atoms with Crippen molar-refractivity contribution in [2.75, 3.05) is 12.4 Å². The summed E-state index contributed by atoms with van der Waals surface area (Å²) in [6.07, 6.45) is 5.76. The van der Waals surface area contributed by atoms with E-state index in [1.165, 1.54) is 23.7 Å². The van der Waals surface area contributed by atoms with Gasteiger partial charge in [0, 0.05) is 11.6 Å². The fourth-order valence-corrected chi connectivity index (χ4v) is 4.95. The summed E-state index contributed by atoms with van der Waals surface area (Å²) in [7, 11) is 0. The first-order valence-electron chi connectivity index (χ1n) is 10.7. The summed E-state index contributed by atoms with van der Waals surface area (Å²) in [5.74, 6) is 0.733. The van der Waals surface area contributed by atoms with Gasteiger partial charge in [0.25, 0.3) is 0 Å². The summed E-state index contributed by atoms with van der Waals surface area (Å²) >= 11 is 1.41. The van der Waals surface area contributed by atoms with Crippen LogP contribution in [0, 0.1) is 20.8 Å². The number of aryl methyl sites for hydroxylation is 3. The molecule has 0 amide bonds. The van der Waals surface area contributed by atoms with E-state index >= 15 is 0 Å². The molecule has 1 heterocycles. The zero-order valence-electron chi connectivity index (χ0n) is 18.4. The highest BCUT2D eigenvalue weighted by molar-refractivity contribution is 7.99. The van der Waals surface area contributed by atoms with Crippen molar-refractivity contribution < 1.29 is 14.3 Å². The van der Waals surface area contributed by atoms with E-state index in [2.05, 4.69) is 27.8 Å². The van der Waals surface area contributed by atoms with Crippen LogP contribution in [0.5, 0.6) is 0 Å². The number of ether oxygens (including phenoxy) is 1. The Bertz CT molecular complexity index is 917. The highest BCUT2D eigenvalue weighted by Crippen LogP contribution is 2.33. The predicted molar refractivity (Wildman–Crippen MR) is 118 cm³/mol. The van der Waals surface area contributed by atoms with Gasteiger partial charge in [-0.1, -0.05) is 37.1 Å². The number of Topliss-reactive ketones (excluding diaryl/α,β-unsaturated/α-hetero) is 1. The van der Waals surface area contributed by atoms with Gasteiger partial charge in [0.1, 0.15) is 12.2 Å². The van der Waals surface area contributed by atoms with Crippen molar-refractivity contribution in [1.29, 1.82) is 0 Å². The first-order chi connectivity index (χ1) is 14.4. The Morgan fingerprint density at radius 1 is 1.07 bits per heavy atom. The molecule has 1 saturated carbocycles. The van der Waals surface area contributed by atoms with Crippen molar-refractivity contribution in [1.82, 2.24) is 14.8 Å². The molecule has 0 atom stereocenters. The van der Waals surface area contributed by atoms with Crippen LogP contribution in [0.25, 0.3) is 0 Å². The van der Waals surface area contributed by atoms with Gasteiger partial charge in [-0.2, -0.15) is 0 Å². The number of thioether (sulfide) groups is 1. The predicted octanol–water partition coefficient (Wildman–Crippen LogP) is 4.79. The molecule has 3 rings (SSSR count). The van der Waals surface area contributed by atoms with Crippen molar-refractivity contribution >= 4 is 23.5 Å². The molecule has 2 aromatic rings. The Hall–Kier alpha value is -2.15. The van der Waals surface area contributed by atoms with Crippen molar-refractivity contribution in [3.05, 3.63) is 40.2 Å². The van der Waals surface area contributed by atoms with Crippen LogP contribution in [0.15, 0.2) is 17.3 Å². The number of nitrogens with zero attached hydrogens (tertiary/aromatic N) is 3. The molecule has 30 heavy (non-hydrogen) atoms. The van der Waals surface area contributed by atoms with Crippen molar-refractivity contribution in [3.8, 4) is 0 Å². The molecule has 6 nitrogen and oxygen atoms in total. The van der Waals surface area contributed by atoms with E-state index in [1.807, 2.05) is 19.9 Å². The molecule has 1 fully saturated rings. The van der Waals surface area contributed by atoms with Crippen LogP contribution in [0.1, 0.15) is 77.9 Å². The number of rotatable bonds is 8. The summed E-state index contributed by atoms with van der Waals surface area (Å²) < 4.78 is 7.19. The Morgan fingerprint density at radius 2 is 1.77 bits per heavy atom. The lowest BCUT2D eigenvalue weighted by Gasteiger charge is -2.25. The lowest BCUT2D eigenvalue weighted by Crippen LogP contribution is -2.19. The molecule has 0 aliphatic heterocycles. The van der Waals surface area contributed by atoms with Crippen molar-refractivity contribution in [2.24, 2.45) is 0 Å². The summed E-state index contributed by atoms with van der Waals surface area (Å²) in [6.45, 7) is 8.21. The number of benzene rings is 1. The molecule has 0 bridgehead atoms. The third kappa shape index (κ3) is 5.31. The number of carbonyl (C=O) groups excluding carboxylic acids is 2. The summed E-state index contributed by atoms with van der Waals surface area (Å²) in [5, 5.41) is 9.35. The molecule has 0 spiro atoms. The zero-order chi connectivity index (χ0) is 21.7. The Morgan fingerprint density at radius 3 is 2.47 bits per heavy atom. The second-order valence-corrected chi connectivity index (χ2v) is 8.95. The third-order valence-corrected chi connectivity index (χ3v) is 6.70. The van der Waals surface area contributed by atoms with E-state index < -0.39 is 0 Å². The van der Waals surface area contributed by atoms with Gasteiger partial charge >= 0.3 is 5.97 Å². The lowest BCUT2D eigenvalue weighted by molar-refractivity contribution is -0.142. The minimum Gasteiger partial charge on any atom is -0.466 e. The monoisotopic (exact) mass is 429 g/mol. The van der Waals surface area contributed by atoms with Gasteiger partial charge in [-0.3, -0.25) is 9.59 Å². The molecule has 162 valence electrons. The second kappa shape index (κ2) is 10.2. The normalized spacial score (nSPS) is 14.7. The van der Waals surface area contributed by atoms with Gasteiger partial charge in [-0.25, -0.2) is 0 Å². The van der Waals surface area contributed by atoms with Crippen LogP contribution in [0.4, 0.5) is 0 Å². The van der Waals surface area contributed by atoms with E-state index in [-0.39, 0.29) is 24.2 Å². The van der Waals surface area contributed by atoms with Crippen LogP contribution in [0.2, 0.25) is 0 Å².